The lowest BCUT2D eigenvalue weighted by Gasteiger charge is -1.97. The molecule has 0 saturated heterocycles. The fourth-order valence-corrected chi connectivity index (χ4v) is 2.31. The van der Waals surface area contributed by atoms with Crippen molar-refractivity contribution in [2.75, 3.05) is 5.08 Å². The molecule has 0 radical (unpaired) electrons. The van der Waals surface area contributed by atoms with Crippen molar-refractivity contribution in [3.8, 4) is 0 Å². The predicted octanol–water partition coefficient (Wildman–Crippen LogP) is 1.14. The Labute approximate surface area is 79.1 Å². The molecule has 0 unspecified atom stereocenters. The summed E-state index contributed by atoms with van der Waals surface area (Å²) in [6.07, 6.45) is 1.69. The summed E-state index contributed by atoms with van der Waals surface area (Å²) in [5, 5.41) is 9.31. The van der Waals surface area contributed by atoms with E-state index in [1.807, 2.05) is 7.05 Å². The Morgan fingerprint density at radius 3 is 3.00 bits per heavy atom. The summed E-state index contributed by atoms with van der Waals surface area (Å²) in [7, 11) is 1.83. The highest BCUT2D eigenvalue weighted by atomic mass is 32.2. The van der Waals surface area contributed by atoms with Crippen molar-refractivity contribution in [2.45, 2.75) is 11.9 Å². The second kappa shape index (κ2) is 4.51. The molecular weight excluding hydrogens is 194 g/mol. The molecule has 0 fully saturated rings. The summed E-state index contributed by atoms with van der Waals surface area (Å²) in [5.41, 5.74) is 0. The van der Waals surface area contributed by atoms with Crippen LogP contribution in [0.1, 0.15) is 6.92 Å². The third-order valence-electron chi connectivity index (χ3n) is 1.14. The normalized spacial score (nSPS) is 10.2. The van der Waals surface area contributed by atoms with Crippen LogP contribution in [-0.2, 0) is 11.8 Å². The molecule has 0 N–H and O–H groups in total. The summed E-state index contributed by atoms with van der Waals surface area (Å²) in [4.78, 5) is 10.6. The minimum Gasteiger partial charge on any atom is -0.288 e. The van der Waals surface area contributed by atoms with E-state index in [0.29, 0.717) is 0 Å². The molecule has 1 rings (SSSR count). The lowest BCUT2D eigenvalue weighted by molar-refractivity contribution is -0.109. The summed E-state index contributed by atoms with van der Waals surface area (Å²) < 4.78 is 1.69. The molecule has 0 atom stereocenters. The molecule has 4 nitrogen and oxygen atoms in total. The lowest BCUT2D eigenvalue weighted by Crippen LogP contribution is -1.92. The van der Waals surface area contributed by atoms with Crippen molar-refractivity contribution < 1.29 is 4.79 Å². The summed E-state index contributed by atoms with van der Waals surface area (Å²) in [6, 6.07) is 0. The Kier molecular flexibility index (Phi) is 3.61. The molecule has 0 saturated carbocycles. The van der Waals surface area contributed by atoms with E-state index in [1.54, 1.807) is 29.6 Å². The van der Waals surface area contributed by atoms with Crippen LogP contribution in [0, 0.1) is 0 Å². The molecule has 0 amide bonds. The molecule has 0 bridgehead atoms. The van der Waals surface area contributed by atoms with Crippen molar-refractivity contribution in [1.82, 2.24) is 15.0 Å². The average molecular weight is 203 g/mol. The summed E-state index contributed by atoms with van der Waals surface area (Å²) >= 11 is 2.86. The number of carbonyl (C=O) groups excluding carboxylic acids is 1. The van der Waals surface area contributed by atoms with Gasteiger partial charge in [0.25, 0.3) is 0 Å². The Bertz CT molecular complexity index is 274. The summed E-state index contributed by atoms with van der Waals surface area (Å²) in [5.74, 6) is 0. The molecule has 0 aliphatic heterocycles. The minimum absolute atomic E-state index is 0.137. The third-order valence-corrected chi connectivity index (χ3v) is 3.16. The molecule has 6 heteroatoms. The maximum Gasteiger partial charge on any atom is 0.186 e. The number of hydrogen-bond acceptors (Lipinski definition) is 5. The molecule has 0 aliphatic rings. The van der Waals surface area contributed by atoms with E-state index < -0.39 is 0 Å². The number of aromatic nitrogens is 3. The number of rotatable bonds is 3. The second-order valence-corrected chi connectivity index (χ2v) is 4.61. The molecular formula is C6H9N3OS2. The molecule has 0 aliphatic carbocycles. The van der Waals surface area contributed by atoms with Gasteiger partial charge in [0.1, 0.15) is 5.03 Å². The largest absolute Gasteiger partial charge is 0.288 e. The highest BCUT2D eigenvalue weighted by molar-refractivity contribution is 8.23. The van der Waals surface area contributed by atoms with E-state index in [0.717, 1.165) is 10.1 Å². The van der Waals surface area contributed by atoms with Gasteiger partial charge in [0.2, 0.25) is 0 Å². The van der Waals surface area contributed by atoms with Gasteiger partial charge in [0, 0.05) is 14.0 Å². The van der Waals surface area contributed by atoms with Gasteiger partial charge in [0.15, 0.2) is 5.12 Å². The van der Waals surface area contributed by atoms with E-state index in [4.69, 9.17) is 0 Å². The standard InChI is InChI=1S/C6H9N3OS2/c1-5(10)11-4-12-6-3-7-8-9(6)2/h3H,4H2,1-2H3. The maximum absolute atomic E-state index is 10.6. The van der Waals surface area contributed by atoms with Crippen LogP contribution >= 0.6 is 23.5 Å². The Hall–Kier alpha value is -0.490. The van der Waals surface area contributed by atoms with E-state index in [9.17, 15) is 4.79 Å². The first-order valence-corrected chi connectivity index (χ1v) is 5.28. The van der Waals surface area contributed by atoms with Crippen LogP contribution in [0.15, 0.2) is 11.2 Å². The van der Waals surface area contributed by atoms with Gasteiger partial charge in [-0.1, -0.05) is 28.7 Å². The molecule has 1 aromatic heterocycles. The molecule has 1 aromatic rings. The SMILES string of the molecule is CC(=O)SCSc1cnnn1C. The van der Waals surface area contributed by atoms with Gasteiger partial charge in [-0.05, 0) is 0 Å². The van der Waals surface area contributed by atoms with Crippen molar-refractivity contribution in [1.29, 1.82) is 0 Å². The third kappa shape index (κ3) is 2.86. The van der Waals surface area contributed by atoms with Gasteiger partial charge in [-0.25, -0.2) is 4.68 Å². The molecule has 1 heterocycles. The Balaban J connectivity index is 2.33. The van der Waals surface area contributed by atoms with Crippen LogP contribution in [0.2, 0.25) is 0 Å². The Morgan fingerprint density at radius 2 is 2.50 bits per heavy atom. The Morgan fingerprint density at radius 1 is 1.75 bits per heavy atom. The number of hydrogen-bond donors (Lipinski definition) is 0. The van der Waals surface area contributed by atoms with E-state index in [1.165, 1.54) is 11.8 Å². The fraction of sp³-hybridized carbons (Fsp3) is 0.500. The molecule has 66 valence electrons. The molecule has 0 aromatic carbocycles. The van der Waals surface area contributed by atoms with Crippen molar-refractivity contribution in [3.63, 3.8) is 0 Å². The monoisotopic (exact) mass is 203 g/mol. The van der Waals surface area contributed by atoms with Crippen molar-refractivity contribution >= 4 is 28.6 Å². The van der Waals surface area contributed by atoms with Crippen molar-refractivity contribution in [3.05, 3.63) is 6.20 Å². The zero-order valence-electron chi connectivity index (χ0n) is 6.85. The van der Waals surface area contributed by atoms with Crippen LogP contribution in [0.3, 0.4) is 0 Å². The van der Waals surface area contributed by atoms with Crippen LogP contribution in [0.5, 0.6) is 0 Å². The minimum atomic E-state index is 0.137. The summed E-state index contributed by atoms with van der Waals surface area (Å²) in [6.45, 7) is 1.56. The zero-order chi connectivity index (χ0) is 8.97. The van der Waals surface area contributed by atoms with Gasteiger partial charge >= 0.3 is 0 Å². The number of aryl methyl sites for hydroxylation is 1. The number of carbonyl (C=O) groups is 1. The lowest BCUT2D eigenvalue weighted by atomic mass is 10.9. The quantitative estimate of drug-likeness (QED) is 0.544. The van der Waals surface area contributed by atoms with Gasteiger partial charge in [-0.2, -0.15) is 0 Å². The topological polar surface area (TPSA) is 47.8 Å². The number of thioether (sulfide) groups is 2. The van der Waals surface area contributed by atoms with Crippen LogP contribution in [0.25, 0.3) is 0 Å². The molecule has 12 heavy (non-hydrogen) atoms. The van der Waals surface area contributed by atoms with Gasteiger partial charge < -0.3 is 0 Å². The second-order valence-electron chi connectivity index (χ2n) is 2.09. The van der Waals surface area contributed by atoms with E-state index in [-0.39, 0.29) is 5.12 Å². The van der Waals surface area contributed by atoms with E-state index in [2.05, 4.69) is 10.3 Å². The highest BCUT2D eigenvalue weighted by Crippen LogP contribution is 2.20. The van der Waals surface area contributed by atoms with E-state index >= 15 is 0 Å². The smallest absolute Gasteiger partial charge is 0.186 e. The first kappa shape index (κ1) is 9.60. The fourth-order valence-electron chi connectivity index (χ4n) is 0.584. The average Bonchev–Trinajstić information content (AvgIpc) is 2.36. The van der Waals surface area contributed by atoms with Crippen LogP contribution in [0.4, 0.5) is 0 Å². The predicted molar refractivity (Wildman–Crippen MR) is 50.0 cm³/mol. The van der Waals surface area contributed by atoms with Crippen molar-refractivity contribution in [2.24, 2.45) is 7.05 Å². The first-order chi connectivity index (χ1) is 5.70. The first-order valence-electron chi connectivity index (χ1n) is 3.31. The molecule has 0 spiro atoms. The van der Waals surface area contributed by atoms with Gasteiger partial charge in [-0.15, -0.1) is 5.10 Å². The van der Waals surface area contributed by atoms with Gasteiger partial charge in [0.05, 0.1) is 11.3 Å². The maximum atomic E-state index is 10.6. The number of nitrogens with zero attached hydrogens (tertiary/aromatic N) is 3. The zero-order valence-corrected chi connectivity index (χ0v) is 8.48. The van der Waals surface area contributed by atoms with Gasteiger partial charge in [-0.3, -0.25) is 4.79 Å². The van der Waals surface area contributed by atoms with Crippen LogP contribution in [-0.4, -0.2) is 25.2 Å². The van der Waals surface area contributed by atoms with Crippen LogP contribution < -0.4 is 0 Å². The highest BCUT2D eigenvalue weighted by Gasteiger charge is 2.01.